The Hall–Kier alpha value is -1.85. The predicted octanol–water partition coefficient (Wildman–Crippen LogP) is 3.72. The average Bonchev–Trinajstić information content (AvgIpc) is 2.77. The number of halogens is 3. The molecule has 2 aromatic rings. The van der Waals surface area contributed by atoms with Crippen LogP contribution in [-0.4, -0.2) is 16.4 Å². The van der Waals surface area contributed by atoms with Gasteiger partial charge in [0.25, 0.3) is 0 Å². The highest BCUT2D eigenvalue weighted by Gasteiger charge is 2.78. The van der Waals surface area contributed by atoms with Crippen LogP contribution in [0.15, 0.2) is 35.1 Å². The van der Waals surface area contributed by atoms with Crippen LogP contribution in [0.1, 0.15) is 24.8 Å². The summed E-state index contributed by atoms with van der Waals surface area (Å²) in [5.74, 6) is 0.418. The molecule has 1 aromatic heterocycles. The first-order chi connectivity index (χ1) is 9.44. The summed E-state index contributed by atoms with van der Waals surface area (Å²) >= 11 is 0. The molecule has 3 aliphatic rings. The molecule has 3 nitrogen and oxygen atoms in total. The van der Waals surface area contributed by atoms with Crippen molar-refractivity contribution in [3.8, 4) is 11.5 Å². The number of nitrogens with zero attached hydrogens (tertiary/aromatic N) is 2. The zero-order valence-electron chi connectivity index (χ0n) is 10.4. The van der Waals surface area contributed by atoms with E-state index in [-0.39, 0.29) is 24.7 Å². The second kappa shape index (κ2) is 3.42. The second-order valence-electron chi connectivity index (χ2n) is 5.91. The molecule has 1 aromatic carbocycles. The van der Waals surface area contributed by atoms with E-state index in [1.165, 1.54) is 6.39 Å². The Bertz CT molecular complexity index is 626. The van der Waals surface area contributed by atoms with E-state index in [0.29, 0.717) is 5.89 Å². The normalized spacial score (nSPS) is 31.6. The monoisotopic (exact) mass is 280 g/mol. The van der Waals surface area contributed by atoms with Crippen molar-refractivity contribution >= 4 is 0 Å². The quantitative estimate of drug-likeness (QED) is 0.841. The van der Waals surface area contributed by atoms with E-state index in [0.717, 1.165) is 11.1 Å². The molecule has 6 heteroatoms. The van der Waals surface area contributed by atoms with E-state index in [2.05, 4.69) is 10.2 Å². The van der Waals surface area contributed by atoms with E-state index >= 15 is 0 Å². The minimum Gasteiger partial charge on any atom is -0.423 e. The SMILES string of the molecule is FC(F)(F)C12CC(c3ccc(-c4nnco4)cc3)(C1)C2. The highest BCUT2D eigenvalue weighted by atomic mass is 19.4. The molecule has 0 amide bonds. The highest BCUT2D eigenvalue weighted by molar-refractivity contribution is 5.54. The summed E-state index contributed by atoms with van der Waals surface area (Å²) in [4.78, 5) is 0. The van der Waals surface area contributed by atoms with Crippen molar-refractivity contribution in [2.45, 2.75) is 30.9 Å². The van der Waals surface area contributed by atoms with Crippen LogP contribution in [0.5, 0.6) is 0 Å². The van der Waals surface area contributed by atoms with Crippen molar-refractivity contribution in [3.63, 3.8) is 0 Å². The first-order valence-electron chi connectivity index (χ1n) is 6.38. The van der Waals surface area contributed by atoms with Crippen molar-refractivity contribution in [2.75, 3.05) is 0 Å². The second-order valence-corrected chi connectivity index (χ2v) is 5.91. The fourth-order valence-corrected chi connectivity index (χ4v) is 3.66. The van der Waals surface area contributed by atoms with Crippen molar-refractivity contribution in [1.29, 1.82) is 0 Å². The Balaban J connectivity index is 1.55. The van der Waals surface area contributed by atoms with Gasteiger partial charge < -0.3 is 4.42 Å². The summed E-state index contributed by atoms with van der Waals surface area (Å²) in [7, 11) is 0. The third-order valence-corrected chi connectivity index (χ3v) is 4.74. The number of benzene rings is 1. The molecule has 0 spiro atoms. The molecule has 0 unspecified atom stereocenters. The third-order valence-electron chi connectivity index (χ3n) is 4.74. The molecule has 0 N–H and O–H groups in total. The van der Waals surface area contributed by atoms with Gasteiger partial charge in [-0.25, -0.2) is 0 Å². The molecule has 0 aliphatic heterocycles. The van der Waals surface area contributed by atoms with Crippen LogP contribution >= 0.6 is 0 Å². The number of hydrogen-bond acceptors (Lipinski definition) is 3. The summed E-state index contributed by atoms with van der Waals surface area (Å²) in [6, 6.07) is 7.39. The molecule has 0 atom stereocenters. The van der Waals surface area contributed by atoms with E-state index < -0.39 is 11.6 Å². The van der Waals surface area contributed by atoms with Gasteiger partial charge in [-0.15, -0.1) is 10.2 Å². The minimum absolute atomic E-state index is 0.226. The van der Waals surface area contributed by atoms with Gasteiger partial charge in [0.15, 0.2) is 0 Å². The van der Waals surface area contributed by atoms with Crippen molar-refractivity contribution in [2.24, 2.45) is 5.41 Å². The maximum Gasteiger partial charge on any atom is 0.394 e. The number of hydrogen-bond donors (Lipinski definition) is 0. The Morgan fingerprint density at radius 2 is 1.70 bits per heavy atom. The Kier molecular flexibility index (Phi) is 2.04. The van der Waals surface area contributed by atoms with E-state index in [4.69, 9.17) is 4.42 Å². The summed E-state index contributed by atoms with van der Waals surface area (Å²) in [6.45, 7) is 0. The van der Waals surface area contributed by atoms with Crippen LogP contribution in [0, 0.1) is 5.41 Å². The molecule has 3 aliphatic carbocycles. The Labute approximate surface area is 112 Å². The van der Waals surface area contributed by atoms with Gasteiger partial charge >= 0.3 is 6.18 Å². The molecular weight excluding hydrogens is 269 g/mol. The molecule has 2 bridgehead atoms. The zero-order valence-corrected chi connectivity index (χ0v) is 10.4. The molecule has 20 heavy (non-hydrogen) atoms. The van der Waals surface area contributed by atoms with Gasteiger partial charge in [0.05, 0.1) is 5.41 Å². The molecule has 0 radical (unpaired) electrons. The maximum absolute atomic E-state index is 12.8. The average molecular weight is 280 g/mol. The van der Waals surface area contributed by atoms with Crippen LogP contribution in [0.25, 0.3) is 11.5 Å². The maximum atomic E-state index is 12.8. The summed E-state index contributed by atoms with van der Waals surface area (Å²) in [6.07, 6.45) is -2.13. The summed E-state index contributed by atoms with van der Waals surface area (Å²) < 4.78 is 43.6. The van der Waals surface area contributed by atoms with Gasteiger partial charge in [-0.05, 0) is 42.4 Å². The number of alkyl halides is 3. The van der Waals surface area contributed by atoms with Crippen LogP contribution in [0.4, 0.5) is 13.2 Å². The fraction of sp³-hybridized carbons (Fsp3) is 0.429. The van der Waals surface area contributed by atoms with Gasteiger partial charge in [-0.3, -0.25) is 0 Å². The minimum atomic E-state index is -4.06. The lowest BCUT2D eigenvalue weighted by molar-refractivity contribution is -0.337. The number of rotatable bonds is 2. The highest BCUT2D eigenvalue weighted by Crippen LogP contribution is 2.78. The van der Waals surface area contributed by atoms with Crippen molar-refractivity contribution in [1.82, 2.24) is 10.2 Å². The van der Waals surface area contributed by atoms with Crippen LogP contribution in [0.3, 0.4) is 0 Å². The zero-order chi connectivity index (χ0) is 14.0. The summed E-state index contributed by atoms with van der Waals surface area (Å²) in [5.41, 5.74) is 0.0939. The fourth-order valence-electron chi connectivity index (χ4n) is 3.66. The standard InChI is InChI=1S/C14H11F3N2O/c15-14(16,17)13-5-12(6-13,7-13)10-3-1-9(2-4-10)11-19-18-8-20-11/h1-4,8H,5-7H2. The van der Waals surface area contributed by atoms with Crippen LogP contribution in [-0.2, 0) is 5.41 Å². The largest absolute Gasteiger partial charge is 0.423 e. The topological polar surface area (TPSA) is 38.9 Å². The number of aromatic nitrogens is 2. The van der Waals surface area contributed by atoms with Gasteiger partial charge in [-0.1, -0.05) is 12.1 Å². The molecule has 3 saturated carbocycles. The van der Waals surface area contributed by atoms with E-state index in [1.807, 2.05) is 24.3 Å². The predicted molar refractivity (Wildman–Crippen MR) is 63.8 cm³/mol. The van der Waals surface area contributed by atoms with Crippen molar-refractivity contribution in [3.05, 3.63) is 36.2 Å². The van der Waals surface area contributed by atoms with Gasteiger partial charge in [0.2, 0.25) is 12.3 Å². The van der Waals surface area contributed by atoms with Crippen LogP contribution < -0.4 is 0 Å². The lowest BCUT2D eigenvalue weighted by Crippen LogP contribution is -2.70. The first kappa shape index (κ1) is 11.9. The Morgan fingerprint density at radius 3 is 2.20 bits per heavy atom. The molecule has 1 heterocycles. The lowest BCUT2D eigenvalue weighted by atomic mass is 9.33. The van der Waals surface area contributed by atoms with E-state index in [9.17, 15) is 13.2 Å². The van der Waals surface area contributed by atoms with Crippen LogP contribution in [0.2, 0.25) is 0 Å². The smallest absolute Gasteiger partial charge is 0.394 e. The lowest BCUT2D eigenvalue weighted by Gasteiger charge is -2.71. The molecule has 5 rings (SSSR count). The van der Waals surface area contributed by atoms with Gasteiger partial charge in [0.1, 0.15) is 0 Å². The molecule has 3 fully saturated rings. The molecular formula is C14H11F3N2O. The molecule has 0 saturated heterocycles. The first-order valence-corrected chi connectivity index (χ1v) is 6.38. The van der Waals surface area contributed by atoms with E-state index in [1.54, 1.807) is 0 Å². The van der Waals surface area contributed by atoms with Crippen molar-refractivity contribution < 1.29 is 17.6 Å². The van der Waals surface area contributed by atoms with Gasteiger partial charge in [-0.2, -0.15) is 13.2 Å². The van der Waals surface area contributed by atoms with Gasteiger partial charge in [0, 0.05) is 5.56 Å². The molecule has 104 valence electrons. The Morgan fingerprint density at radius 1 is 1.05 bits per heavy atom. The summed E-state index contributed by atoms with van der Waals surface area (Å²) in [5, 5.41) is 7.40. The third kappa shape index (κ3) is 1.36.